The van der Waals surface area contributed by atoms with E-state index in [2.05, 4.69) is 58.4 Å². The van der Waals surface area contributed by atoms with Gasteiger partial charge in [-0.15, -0.1) is 0 Å². The molecule has 0 aliphatic rings. The van der Waals surface area contributed by atoms with Crippen molar-refractivity contribution in [3.8, 4) is 0 Å². The second kappa shape index (κ2) is 7.15. The Morgan fingerprint density at radius 2 is 2.00 bits per heavy atom. The average Bonchev–Trinajstić information content (AvgIpc) is 3.04. The number of nitrogens with zero attached hydrogens (tertiary/aromatic N) is 5. The molecule has 0 radical (unpaired) electrons. The van der Waals surface area contributed by atoms with E-state index in [1.807, 2.05) is 18.2 Å². The highest BCUT2D eigenvalue weighted by Gasteiger charge is 2.15. The fourth-order valence-electron chi connectivity index (χ4n) is 2.65. The molecule has 0 aliphatic heterocycles. The standard InChI is InChI=1S/C17H21ClN6/c1-4-14-9-16(24-17(22-14)20-11-21-24)19-10-15(23(2)3)12-5-7-13(18)8-6-12/h5-9,11,15,19H,4,10H2,1-3H3. The van der Waals surface area contributed by atoms with Gasteiger partial charge in [0.2, 0.25) is 0 Å². The van der Waals surface area contributed by atoms with Crippen molar-refractivity contribution < 1.29 is 0 Å². The predicted molar refractivity (Wildman–Crippen MR) is 96.5 cm³/mol. The number of likely N-dealkylation sites (N-methyl/N-ethyl adjacent to an activating group) is 1. The van der Waals surface area contributed by atoms with Crippen LogP contribution in [-0.4, -0.2) is 45.1 Å². The molecule has 0 aliphatic carbocycles. The lowest BCUT2D eigenvalue weighted by molar-refractivity contribution is 0.311. The Hall–Kier alpha value is -2.18. The van der Waals surface area contributed by atoms with E-state index in [0.717, 1.165) is 29.5 Å². The summed E-state index contributed by atoms with van der Waals surface area (Å²) < 4.78 is 1.73. The van der Waals surface area contributed by atoms with E-state index in [9.17, 15) is 0 Å². The number of halogens is 1. The molecule has 3 rings (SSSR count). The molecule has 0 amide bonds. The van der Waals surface area contributed by atoms with E-state index in [0.29, 0.717) is 5.78 Å². The quantitative estimate of drug-likeness (QED) is 0.744. The summed E-state index contributed by atoms with van der Waals surface area (Å²) in [5.41, 5.74) is 2.20. The average molecular weight is 345 g/mol. The maximum absolute atomic E-state index is 6.00. The molecular weight excluding hydrogens is 324 g/mol. The highest BCUT2D eigenvalue weighted by molar-refractivity contribution is 6.30. The lowest BCUT2D eigenvalue weighted by Crippen LogP contribution is -2.27. The van der Waals surface area contributed by atoms with Crippen molar-refractivity contribution in [1.82, 2.24) is 24.5 Å². The number of aryl methyl sites for hydroxylation is 1. The van der Waals surface area contributed by atoms with Gasteiger partial charge in [0, 0.05) is 23.3 Å². The van der Waals surface area contributed by atoms with Gasteiger partial charge in [0.1, 0.15) is 12.1 Å². The molecule has 1 atom stereocenters. The van der Waals surface area contributed by atoms with Crippen LogP contribution >= 0.6 is 11.6 Å². The van der Waals surface area contributed by atoms with Gasteiger partial charge < -0.3 is 10.2 Å². The minimum absolute atomic E-state index is 0.207. The summed E-state index contributed by atoms with van der Waals surface area (Å²) in [5, 5.41) is 8.49. The Morgan fingerprint density at radius 1 is 1.25 bits per heavy atom. The molecule has 1 aromatic carbocycles. The topological polar surface area (TPSA) is 58.4 Å². The number of nitrogens with one attached hydrogen (secondary N) is 1. The third-order valence-electron chi connectivity index (χ3n) is 4.02. The molecule has 2 heterocycles. The molecule has 1 unspecified atom stereocenters. The molecular formula is C17H21ClN6. The Bertz CT molecular complexity index is 812. The summed E-state index contributed by atoms with van der Waals surface area (Å²) >= 11 is 6.00. The van der Waals surface area contributed by atoms with Crippen molar-refractivity contribution in [2.45, 2.75) is 19.4 Å². The van der Waals surface area contributed by atoms with Crippen LogP contribution in [0.1, 0.15) is 24.2 Å². The van der Waals surface area contributed by atoms with E-state index in [1.54, 1.807) is 4.52 Å². The monoisotopic (exact) mass is 344 g/mol. The van der Waals surface area contributed by atoms with Gasteiger partial charge in [-0.2, -0.15) is 14.6 Å². The Balaban J connectivity index is 1.84. The third-order valence-corrected chi connectivity index (χ3v) is 4.27. The van der Waals surface area contributed by atoms with Crippen molar-refractivity contribution in [2.75, 3.05) is 26.0 Å². The van der Waals surface area contributed by atoms with Gasteiger partial charge in [-0.1, -0.05) is 30.7 Å². The number of rotatable bonds is 6. The smallest absolute Gasteiger partial charge is 0.254 e. The first-order valence-electron chi connectivity index (χ1n) is 7.94. The molecule has 7 heteroatoms. The lowest BCUT2D eigenvalue weighted by Gasteiger charge is -2.25. The molecule has 0 bridgehead atoms. The van der Waals surface area contributed by atoms with Crippen molar-refractivity contribution in [3.05, 3.63) is 52.9 Å². The summed E-state index contributed by atoms with van der Waals surface area (Å²) in [6.07, 6.45) is 2.38. The maximum atomic E-state index is 6.00. The van der Waals surface area contributed by atoms with Gasteiger partial charge in [-0.05, 0) is 38.2 Å². The first kappa shape index (κ1) is 16.7. The van der Waals surface area contributed by atoms with E-state index < -0.39 is 0 Å². The third kappa shape index (κ3) is 3.49. The highest BCUT2D eigenvalue weighted by atomic mass is 35.5. The molecule has 0 saturated heterocycles. The molecule has 126 valence electrons. The minimum atomic E-state index is 0.207. The van der Waals surface area contributed by atoms with Crippen molar-refractivity contribution in [2.24, 2.45) is 0 Å². The van der Waals surface area contributed by atoms with Crippen LogP contribution in [0.15, 0.2) is 36.7 Å². The zero-order valence-corrected chi connectivity index (χ0v) is 14.8. The molecule has 0 spiro atoms. The van der Waals surface area contributed by atoms with Gasteiger partial charge in [-0.25, -0.2) is 4.98 Å². The van der Waals surface area contributed by atoms with Gasteiger partial charge in [0.15, 0.2) is 0 Å². The second-order valence-corrected chi connectivity index (χ2v) is 6.31. The SMILES string of the molecule is CCc1cc(NCC(c2ccc(Cl)cc2)N(C)C)n2ncnc2n1. The number of fused-ring (bicyclic) bond motifs is 1. The summed E-state index contributed by atoms with van der Waals surface area (Å²) in [6, 6.07) is 10.2. The van der Waals surface area contributed by atoms with E-state index in [1.165, 1.54) is 11.9 Å². The maximum Gasteiger partial charge on any atom is 0.254 e. The van der Waals surface area contributed by atoms with E-state index >= 15 is 0 Å². The Kier molecular flexibility index (Phi) is 4.97. The fraction of sp³-hybridized carbons (Fsp3) is 0.353. The van der Waals surface area contributed by atoms with Crippen LogP contribution in [0.2, 0.25) is 5.02 Å². The minimum Gasteiger partial charge on any atom is -0.368 e. The van der Waals surface area contributed by atoms with Crippen LogP contribution in [0.4, 0.5) is 5.82 Å². The molecule has 24 heavy (non-hydrogen) atoms. The number of aromatic nitrogens is 4. The first-order valence-corrected chi connectivity index (χ1v) is 8.31. The highest BCUT2D eigenvalue weighted by Crippen LogP contribution is 2.21. The van der Waals surface area contributed by atoms with Crippen LogP contribution in [0.25, 0.3) is 5.78 Å². The second-order valence-electron chi connectivity index (χ2n) is 5.87. The zero-order valence-electron chi connectivity index (χ0n) is 14.1. The van der Waals surface area contributed by atoms with Crippen LogP contribution in [0, 0.1) is 0 Å². The van der Waals surface area contributed by atoms with Gasteiger partial charge in [0.25, 0.3) is 5.78 Å². The van der Waals surface area contributed by atoms with Crippen molar-refractivity contribution in [1.29, 1.82) is 0 Å². The Morgan fingerprint density at radius 3 is 2.67 bits per heavy atom. The number of anilines is 1. The molecule has 2 aromatic heterocycles. The van der Waals surface area contributed by atoms with Gasteiger partial charge in [0.05, 0.1) is 6.04 Å². The molecule has 6 nitrogen and oxygen atoms in total. The fourth-order valence-corrected chi connectivity index (χ4v) is 2.78. The molecule has 0 fully saturated rings. The summed E-state index contributed by atoms with van der Waals surface area (Å²) in [4.78, 5) is 10.8. The van der Waals surface area contributed by atoms with Crippen molar-refractivity contribution in [3.63, 3.8) is 0 Å². The summed E-state index contributed by atoms with van der Waals surface area (Å²) in [6.45, 7) is 2.81. The first-order chi connectivity index (χ1) is 11.6. The van der Waals surface area contributed by atoms with E-state index in [4.69, 9.17) is 11.6 Å². The number of hydrogen-bond donors (Lipinski definition) is 1. The molecule has 0 saturated carbocycles. The molecule has 3 aromatic rings. The van der Waals surface area contributed by atoms with Crippen LogP contribution in [-0.2, 0) is 6.42 Å². The van der Waals surface area contributed by atoms with Crippen LogP contribution < -0.4 is 5.32 Å². The summed E-state index contributed by atoms with van der Waals surface area (Å²) in [7, 11) is 4.13. The van der Waals surface area contributed by atoms with Crippen LogP contribution in [0.5, 0.6) is 0 Å². The lowest BCUT2D eigenvalue weighted by atomic mass is 10.1. The zero-order chi connectivity index (χ0) is 17.1. The largest absolute Gasteiger partial charge is 0.368 e. The van der Waals surface area contributed by atoms with Gasteiger partial charge in [-0.3, -0.25) is 0 Å². The van der Waals surface area contributed by atoms with Gasteiger partial charge >= 0.3 is 0 Å². The normalized spacial score (nSPS) is 12.7. The summed E-state index contributed by atoms with van der Waals surface area (Å²) in [5.74, 6) is 1.51. The van der Waals surface area contributed by atoms with Crippen molar-refractivity contribution >= 4 is 23.2 Å². The molecule has 1 N–H and O–H groups in total. The number of benzene rings is 1. The Labute approximate surface area is 146 Å². The number of hydrogen-bond acceptors (Lipinski definition) is 5. The van der Waals surface area contributed by atoms with Crippen LogP contribution in [0.3, 0.4) is 0 Å². The predicted octanol–water partition coefficient (Wildman–Crippen LogP) is 3.05. The van der Waals surface area contributed by atoms with E-state index in [-0.39, 0.29) is 6.04 Å².